The molecular weight excluding hydrogens is 327 g/mol. The van der Waals surface area contributed by atoms with Gasteiger partial charge >= 0.3 is 0 Å². The molecule has 2 aromatic rings. The molecule has 2 atom stereocenters. The van der Waals surface area contributed by atoms with E-state index in [1.54, 1.807) is 19.2 Å². The molecule has 24 heavy (non-hydrogen) atoms. The van der Waals surface area contributed by atoms with Crippen molar-refractivity contribution in [3.8, 4) is 11.5 Å². The second kappa shape index (κ2) is 5.34. The van der Waals surface area contributed by atoms with Crippen LogP contribution < -0.4 is 19.7 Å². The van der Waals surface area contributed by atoms with Crippen molar-refractivity contribution < 1.29 is 13.9 Å². The maximum atomic E-state index is 13.3. The Morgan fingerprint density at radius 2 is 2.04 bits per heavy atom. The lowest BCUT2D eigenvalue weighted by Gasteiger charge is -2.52. The van der Waals surface area contributed by atoms with Gasteiger partial charge in [-0.15, -0.1) is 0 Å². The number of methoxy groups -OCH3 is 1. The van der Waals surface area contributed by atoms with Crippen LogP contribution in [0.3, 0.4) is 0 Å². The third-order valence-corrected chi connectivity index (χ3v) is 4.86. The van der Waals surface area contributed by atoms with Crippen LogP contribution in [0.4, 0.5) is 10.1 Å². The molecule has 0 aromatic heterocycles. The van der Waals surface area contributed by atoms with Crippen LogP contribution in [0, 0.1) is 5.82 Å². The Morgan fingerprint density at radius 1 is 1.29 bits per heavy atom. The van der Waals surface area contributed by atoms with E-state index < -0.39 is 5.72 Å². The fourth-order valence-electron chi connectivity index (χ4n) is 3.46. The van der Waals surface area contributed by atoms with Crippen LogP contribution in [0.25, 0.3) is 0 Å². The predicted molar refractivity (Wildman–Crippen MR) is 94.0 cm³/mol. The summed E-state index contributed by atoms with van der Waals surface area (Å²) in [6.45, 7) is 2.00. The molecule has 0 amide bonds. The van der Waals surface area contributed by atoms with E-state index >= 15 is 0 Å². The van der Waals surface area contributed by atoms with Crippen LogP contribution in [0.2, 0.25) is 0 Å². The summed E-state index contributed by atoms with van der Waals surface area (Å²) < 4.78 is 24.9. The molecule has 6 heteroatoms. The lowest BCUT2D eigenvalue weighted by molar-refractivity contribution is 0.0496. The first kappa shape index (κ1) is 15.2. The minimum Gasteiger partial charge on any atom is -0.497 e. The summed E-state index contributed by atoms with van der Waals surface area (Å²) >= 11 is 5.57. The average molecular weight is 344 g/mol. The normalized spacial score (nSPS) is 24.7. The minimum absolute atomic E-state index is 0.0537. The molecule has 2 bridgehead atoms. The molecule has 2 unspecified atom stereocenters. The summed E-state index contributed by atoms with van der Waals surface area (Å²) in [7, 11) is 1.64. The predicted octanol–water partition coefficient (Wildman–Crippen LogP) is 3.77. The van der Waals surface area contributed by atoms with Gasteiger partial charge in [-0.2, -0.15) is 0 Å². The van der Waals surface area contributed by atoms with Crippen molar-refractivity contribution >= 4 is 23.0 Å². The van der Waals surface area contributed by atoms with Gasteiger partial charge in [0, 0.05) is 17.7 Å². The summed E-state index contributed by atoms with van der Waals surface area (Å²) in [6, 6.07) is 12.1. The van der Waals surface area contributed by atoms with E-state index in [0.717, 1.165) is 22.7 Å². The Labute approximate surface area is 145 Å². The Morgan fingerprint density at radius 3 is 2.75 bits per heavy atom. The largest absolute Gasteiger partial charge is 0.497 e. The summed E-state index contributed by atoms with van der Waals surface area (Å²) in [4.78, 5) is 1.91. The number of halogens is 1. The second-order valence-corrected chi connectivity index (χ2v) is 6.59. The van der Waals surface area contributed by atoms with Crippen LogP contribution in [0.15, 0.2) is 42.5 Å². The number of nitrogens with one attached hydrogen (secondary N) is 1. The van der Waals surface area contributed by atoms with Gasteiger partial charge in [-0.25, -0.2) is 4.39 Å². The van der Waals surface area contributed by atoms with Crippen molar-refractivity contribution in [2.45, 2.75) is 25.1 Å². The van der Waals surface area contributed by atoms with E-state index in [9.17, 15) is 4.39 Å². The van der Waals surface area contributed by atoms with Crippen LogP contribution in [-0.2, 0) is 0 Å². The van der Waals surface area contributed by atoms with Crippen molar-refractivity contribution in [1.82, 2.24) is 5.32 Å². The highest BCUT2D eigenvalue weighted by molar-refractivity contribution is 7.80. The second-order valence-electron chi connectivity index (χ2n) is 6.20. The minimum atomic E-state index is -0.633. The number of hydrogen-bond acceptors (Lipinski definition) is 3. The smallest absolute Gasteiger partial charge is 0.188 e. The van der Waals surface area contributed by atoms with Crippen LogP contribution in [-0.4, -0.2) is 17.9 Å². The summed E-state index contributed by atoms with van der Waals surface area (Å²) in [5.74, 6) is 1.31. The van der Waals surface area contributed by atoms with E-state index in [-0.39, 0.29) is 11.9 Å². The number of nitrogens with zero attached hydrogens (tertiary/aromatic N) is 1. The Balaban J connectivity index is 1.77. The zero-order valence-electron chi connectivity index (χ0n) is 13.4. The molecule has 124 valence electrons. The molecule has 2 aliphatic heterocycles. The molecule has 1 N–H and O–H groups in total. The summed E-state index contributed by atoms with van der Waals surface area (Å²) in [5, 5.41) is 3.94. The molecule has 2 aliphatic rings. The number of thiocarbonyl (C=S) groups is 1. The fraction of sp³-hybridized carbons (Fsp3) is 0.278. The van der Waals surface area contributed by atoms with E-state index in [1.807, 2.05) is 30.0 Å². The van der Waals surface area contributed by atoms with Crippen molar-refractivity contribution in [3.05, 3.63) is 53.8 Å². The van der Waals surface area contributed by atoms with Crippen LogP contribution in [0.5, 0.6) is 11.5 Å². The first-order valence-electron chi connectivity index (χ1n) is 7.73. The van der Waals surface area contributed by atoms with Gasteiger partial charge in [-0.1, -0.05) is 0 Å². The van der Waals surface area contributed by atoms with Crippen molar-refractivity contribution in [2.75, 3.05) is 12.0 Å². The van der Waals surface area contributed by atoms with E-state index in [1.165, 1.54) is 12.1 Å². The maximum absolute atomic E-state index is 13.3. The van der Waals surface area contributed by atoms with Crippen molar-refractivity contribution in [2.24, 2.45) is 0 Å². The number of ether oxygens (including phenoxy) is 2. The van der Waals surface area contributed by atoms with E-state index in [4.69, 9.17) is 21.7 Å². The lowest BCUT2D eigenvalue weighted by Crippen LogP contribution is -2.65. The van der Waals surface area contributed by atoms with Crippen molar-refractivity contribution in [1.29, 1.82) is 0 Å². The van der Waals surface area contributed by atoms with Gasteiger partial charge < -0.3 is 14.8 Å². The van der Waals surface area contributed by atoms with Gasteiger partial charge in [0.15, 0.2) is 10.8 Å². The highest BCUT2D eigenvalue weighted by atomic mass is 32.1. The first-order valence-corrected chi connectivity index (χ1v) is 8.14. The zero-order valence-corrected chi connectivity index (χ0v) is 14.2. The SMILES string of the molecule is COc1ccc2c(c1)C1CC(C)(O2)N(c2ccc(F)cc2)C(=S)N1. The van der Waals surface area contributed by atoms with Gasteiger partial charge in [0.2, 0.25) is 0 Å². The molecule has 0 radical (unpaired) electrons. The van der Waals surface area contributed by atoms with Crippen LogP contribution >= 0.6 is 12.2 Å². The zero-order chi connectivity index (χ0) is 16.9. The molecule has 2 aromatic carbocycles. The standard InChI is InChI=1S/C18H17FN2O2S/c1-18-10-15(14-9-13(22-2)7-8-16(14)23-18)20-17(24)21(18)12-5-3-11(19)4-6-12/h3-9,15H,10H2,1-2H3,(H,20,24). The quantitative estimate of drug-likeness (QED) is 0.839. The van der Waals surface area contributed by atoms with E-state index in [0.29, 0.717) is 11.5 Å². The van der Waals surface area contributed by atoms with E-state index in [2.05, 4.69) is 5.32 Å². The number of hydrogen-bond donors (Lipinski definition) is 1. The number of rotatable bonds is 2. The highest BCUT2D eigenvalue weighted by Gasteiger charge is 2.48. The molecule has 4 rings (SSSR count). The van der Waals surface area contributed by atoms with Gasteiger partial charge in [0.25, 0.3) is 0 Å². The summed E-state index contributed by atoms with van der Waals surface area (Å²) in [6.07, 6.45) is 0.713. The van der Waals surface area contributed by atoms with Gasteiger partial charge in [-0.3, -0.25) is 4.90 Å². The maximum Gasteiger partial charge on any atom is 0.188 e. The number of fused-ring (bicyclic) bond motifs is 4. The number of benzene rings is 2. The Hall–Kier alpha value is -2.34. The monoisotopic (exact) mass is 344 g/mol. The molecule has 0 spiro atoms. The topological polar surface area (TPSA) is 33.7 Å². The Bertz CT molecular complexity index is 811. The first-order chi connectivity index (χ1) is 11.5. The Kier molecular flexibility index (Phi) is 3.38. The highest BCUT2D eigenvalue weighted by Crippen LogP contribution is 2.46. The molecular formula is C18H17FN2O2S. The summed E-state index contributed by atoms with van der Waals surface area (Å²) in [5.41, 5.74) is 1.20. The average Bonchev–Trinajstić information content (AvgIpc) is 2.55. The van der Waals surface area contributed by atoms with Crippen LogP contribution in [0.1, 0.15) is 24.9 Å². The van der Waals surface area contributed by atoms with Crippen molar-refractivity contribution in [3.63, 3.8) is 0 Å². The van der Waals surface area contributed by atoms with Gasteiger partial charge in [-0.05, 0) is 61.6 Å². The molecule has 1 fully saturated rings. The molecule has 0 saturated carbocycles. The number of anilines is 1. The third-order valence-electron chi connectivity index (χ3n) is 4.56. The molecule has 4 nitrogen and oxygen atoms in total. The fourth-order valence-corrected chi connectivity index (χ4v) is 3.90. The molecule has 2 heterocycles. The van der Waals surface area contributed by atoms with Gasteiger partial charge in [0.1, 0.15) is 17.3 Å². The third kappa shape index (κ3) is 2.29. The lowest BCUT2D eigenvalue weighted by atomic mass is 9.90. The molecule has 1 saturated heterocycles. The van der Waals surface area contributed by atoms with Gasteiger partial charge in [0.05, 0.1) is 13.2 Å². The molecule has 0 aliphatic carbocycles.